The maximum Gasteiger partial charge on any atom is 0.262 e. The number of imide groups is 2. The van der Waals surface area contributed by atoms with Gasteiger partial charge in [0.25, 0.3) is 11.8 Å². The molecule has 0 aromatic heterocycles. The molecule has 1 aromatic carbocycles. The molecule has 1 aromatic rings. The molecular formula is C21H26N4O5. The zero-order chi connectivity index (χ0) is 21.3. The Morgan fingerprint density at radius 2 is 1.93 bits per heavy atom. The van der Waals surface area contributed by atoms with Gasteiger partial charge in [-0.05, 0) is 44.0 Å². The SMILES string of the molecule is COC1(CNCc2cccc3c2C(=O)N(C2CCC(=O)NC2=O)C3=O)CCNCC1. The molecular weight excluding hydrogens is 388 g/mol. The number of fused-ring (bicyclic) bond motifs is 1. The Morgan fingerprint density at radius 3 is 2.63 bits per heavy atom. The number of ether oxygens (including phenoxy) is 1. The van der Waals surface area contributed by atoms with Crippen LogP contribution in [0.3, 0.4) is 0 Å². The van der Waals surface area contributed by atoms with Crippen molar-refractivity contribution in [3.63, 3.8) is 0 Å². The average Bonchev–Trinajstić information content (AvgIpc) is 3.00. The van der Waals surface area contributed by atoms with E-state index in [4.69, 9.17) is 4.74 Å². The Morgan fingerprint density at radius 1 is 1.17 bits per heavy atom. The molecule has 0 spiro atoms. The quantitative estimate of drug-likeness (QED) is 0.559. The van der Waals surface area contributed by atoms with E-state index in [1.807, 2.05) is 6.07 Å². The minimum absolute atomic E-state index is 0.103. The molecule has 0 bridgehead atoms. The largest absolute Gasteiger partial charge is 0.377 e. The summed E-state index contributed by atoms with van der Waals surface area (Å²) in [6.07, 6.45) is 2.04. The summed E-state index contributed by atoms with van der Waals surface area (Å²) in [5.41, 5.74) is 1.09. The van der Waals surface area contributed by atoms with Crippen LogP contribution in [0.1, 0.15) is 52.0 Å². The molecule has 1 unspecified atom stereocenters. The standard InChI is InChI=1S/C21H26N4O5/c1-30-21(7-9-22-10-8-21)12-23-11-13-3-2-4-14-17(13)20(29)25(19(14)28)15-5-6-16(26)24-18(15)27/h2-4,15,22-23H,5-12H2,1H3,(H,24,26,27). The van der Waals surface area contributed by atoms with E-state index in [0.717, 1.165) is 30.8 Å². The molecule has 0 saturated carbocycles. The molecule has 9 nitrogen and oxygen atoms in total. The Balaban J connectivity index is 1.50. The number of nitrogens with zero attached hydrogens (tertiary/aromatic N) is 1. The molecule has 9 heteroatoms. The number of hydrogen-bond donors (Lipinski definition) is 3. The van der Waals surface area contributed by atoms with E-state index in [9.17, 15) is 19.2 Å². The number of benzene rings is 1. The van der Waals surface area contributed by atoms with Crippen molar-refractivity contribution < 1.29 is 23.9 Å². The number of nitrogens with one attached hydrogen (secondary N) is 3. The molecule has 2 saturated heterocycles. The van der Waals surface area contributed by atoms with Crippen molar-refractivity contribution in [1.82, 2.24) is 20.9 Å². The maximum absolute atomic E-state index is 13.1. The summed E-state index contributed by atoms with van der Waals surface area (Å²) in [6.45, 7) is 2.83. The van der Waals surface area contributed by atoms with E-state index in [0.29, 0.717) is 29.8 Å². The topological polar surface area (TPSA) is 117 Å². The van der Waals surface area contributed by atoms with Crippen LogP contribution in [-0.4, -0.2) is 66.9 Å². The maximum atomic E-state index is 13.1. The number of rotatable bonds is 6. The number of carbonyl (C=O) groups excluding carboxylic acids is 4. The number of carbonyl (C=O) groups is 4. The molecule has 4 amide bonds. The highest BCUT2D eigenvalue weighted by atomic mass is 16.5. The number of piperidine rings is 2. The van der Waals surface area contributed by atoms with Gasteiger partial charge in [-0.25, -0.2) is 0 Å². The van der Waals surface area contributed by atoms with Crippen LogP contribution < -0.4 is 16.0 Å². The van der Waals surface area contributed by atoms with E-state index in [2.05, 4.69) is 16.0 Å². The highest BCUT2D eigenvalue weighted by Crippen LogP contribution is 2.30. The van der Waals surface area contributed by atoms with Crippen molar-refractivity contribution in [3.05, 3.63) is 34.9 Å². The highest BCUT2D eigenvalue weighted by Gasteiger charge is 2.45. The molecule has 4 rings (SSSR count). The van der Waals surface area contributed by atoms with Gasteiger partial charge in [0.05, 0.1) is 16.7 Å². The first kappa shape index (κ1) is 20.6. The molecule has 0 radical (unpaired) electrons. The van der Waals surface area contributed by atoms with Gasteiger partial charge in [-0.1, -0.05) is 12.1 Å². The van der Waals surface area contributed by atoms with Crippen LogP contribution in [0.25, 0.3) is 0 Å². The van der Waals surface area contributed by atoms with Crippen LogP contribution in [0.4, 0.5) is 0 Å². The Kier molecular flexibility index (Phi) is 5.68. The first-order chi connectivity index (χ1) is 14.5. The number of hydrogen-bond acceptors (Lipinski definition) is 7. The van der Waals surface area contributed by atoms with Crippen molar-refractivity contribution in [3.8, 4) is 0 Å². The van der Waals surface area contributed by atoms with Crippen molar-refractivity contribution in [2.45, 2.75) is 43.9 Å². The molecule has 3 N–H and O–H groups in total. The third-order valence-corrected chi connectivity index (χ3v) is 6.26. The minimum atomic E-state index is -0.956. The van der Waals surface area contributed by atoms with Gasteiger partial charge in [-0.2, -0.15) is 0 Å². The third kappa shape index (κ3) is 3.64. The zero-order valence-electron chi connectivity index (χ0n) is 17.0. The van der Waals surface area contributed by atoms with Crippen LogP contribution in [0, 0.1) is 0 Å². The normalized spacial score (nSPS) is 23.5. The molecule has 2 fully saturated rings. The number of methoxy groups -OCH3 is 1. The van der Waals surface area contributed by atoms with Crippen molar-refractivity contribution in [1.29, 1.82) is 0 Å². The van der Waals surface area contributed by atoms with Gasteiger partial charge >= 0.3 is 0 Å². The molecule has 160 valence electrons. The smallest absolute Gasteiger partial charge is 0.262 e. The Hall–Kier alpha value is -2.62. The minimum Gasteiger partial charge on any atom is -0.377 e. The van der Waals surface area contributed by atoms with Gasteiger partial charge in [0.15, 0.2) is 0 Å². The fourth-order valence-electron chi connectivity index (χ4n) is 4.49. The zero-order valence-corrected chi connectivity index (χ0v) is 17.0. The summed E-state index contributed by atoms with van der Waals surface area (Å²) in [5, 5.41) is 8.91. The molecule has 0 aliphatic carbocycles. The van der Waals surface area contributed by atoms with Crippen molar-refractivity contribution >= 4 is 23.6 Å². The fraction of sp³-hybridized carbons (Fsp3) is 0.524. The number of amides is 4. The van der Waals surface area contributed by atoms with Gasteiger partial charge in [-0.3, -0.25) is 29.4 Å². The van der Waals surface area contributed by atoms with Gasteiger partial charge in [0.1, 0.15) is 6.04 Å². The van der Waals surface area contributed by atoms with Crippen LogP contribution in [0.2, 0.25) is 0 Å². The Bertz CT molecular complexity index is 893. The lowest BCUT2D eigenvalue weighted by Gasteiger charge is -2.36. The van der Waals surface area contributed by atoms with Gasteiger partial charge in [0, 0.05) is 26.6 Å². The molecule has 3 aliphatic rings. The van der Waals surface area contributed by atoms with Crippen molar-refractivity contribution in [2.24, 2.45) is 0 Å². The van der Waals surface area contributed by atoms with Crippen LogP contribution >= 0.6 is 0 Å². The monoisotopic (exact) mass is 414 g/mol. The summed E-state index contributed by atoms with van der Waals surface area (Å²) < 4.78 is 5.76. The third-order valence-electron chi connectivity index (χ3n) is 6.26. The van der Waals surface area contributed by atoms with Gasteiger partial charge in [0.2, 0.25) is 11.8 Å². The molecule has 30 heavy (non-hydrogen) atoms. The second-order valence-electron chi connectivity index (χ2n) is 8.03. The second kappa shape index (κ2) is 8.25. The lowest BCUT2D eigenvalue weighted by Crippen LogP contribution is -2.54. The summed E-state index contributed by atoms with van der Waals surface area (Å²) in [7, 11) is 1.72. The molecule has 3 heterocycles. The lowest BCUT2D eigenvalue weighted by molar-refractivity contribution is -0.136. The first-order valence-corrected chi connectivity index (χ1v) is 10.3. The van der Waals surface area contributed by atoms with Gasteiger partial charge in [-0.15, -0.1) is 0 Å². The van der Waals surface area contributed by atoms with E-state index >= 15 is 0 Å². The van der Waals surface area contributed by atoms with E-state index in [-0.39, 0.29) is 24.3 Å². The summed E-state index contributed by atoms with van der Waals surface area (Å²) >= 11 is 0. The van der Waals surface area contributed by atoms with Crippen LogP contribution in [-0.2, 0) is 20.9 Å². The lowest BCUT2D eigenvalue weighted by atomic mass is 9.92. The van der Waals surface area contributed by atoms with E-state index in [1.54, 1.807) is 19.2 Å². The molecule has 1 atom stereocenters. The van der Waals surface area contributed by atoms with E-state index < -0.39 is 23.8 Å². The average molecular weight is 414 g/mol. The fourth-order valence-corrected chi connectivity index (χ4v) is 4.49. The van der Waals surface area contributed by atoms with Crippen LogP contribution in [0.15, 0.2) is 18.2 Å². The summed E-state index contributed by atoms with van der Waals surface area (Å²) in [5.74, 6) is -1.96. The highest BCUT2D eigenvalue weighted by molar-refractivity contribution is 6.24. The predicted molar refractivity (Wildman–Crippen MR) is 107 cm³/mol. The predicted octanol–water partition coefficient (Wildman–Crippen LogP) is -0.0540. The molecule has 3 aliphatic heterocycles. The van der Waals surface area contributed by atoms with Crippen molar-refractivity contribution in [2.75, 3.05) is 26.7 Å². The Labute approximate surface area is 174 Å². The van der Waals surface area contributed by atoms with Gasteiger partial charge < -0.3 is 15.4 Å². The van der Waals surface area contributed by atoms with Crippen LogP contribution in [0.5, 0.6) is 0 Å². The second-order valence-corrected chi connectivity index (χ2v) is 8.03. The summed E-state index contributed by atoms with van der Waals surface area (Å²) in [4.78, 5) is 50.7. The first-order valence-electron chi connectivity index (χ1n) is 10.3. The summed E-state index contributed by atoms with van der Waals surface area (Å²) in [6, 6.07) is 4.20. The van der Waals surface area contributed by atoms with E-state index in [1.165, 1.54) is 0 Å².